The quantitative estimate of drug-likeness (QED) is 0.382. The molecule has 10 nitrogen and oxygen atoms in total. The van der Waals surface area contributed by atoms with Crippen molar-refractivity contribution in [3.05, 3.63) is 54.4 Å². The van der Waals surface area contributed by atoms with Crippen LogP contribution in [0.5, 0.6) is 0 Å². The highest BCUT2D eigenvalue weighted by Gasteiger charge is 2.40. The Morgan fingerprint density at radius 1 is 1.09 bits per heavy atom. The van der Waals surface area contributed by atoms with E-state index in [4.69, 9.17) is 0 Å². The Morgan fingerprint density at radius 2 is 1.94 bits per heavy atom. The van der Waals surface area contributed by atoms with E-state index in [1.807, 2.05) is 6.92 Å². The molecule has 1 fully saturated rings. The summed E-state index contributed by atoms with van der Waals surface area (Å²) in [5.41, 5.74) is 3.57. The monoisotopic (exact) mass is 426 g/mol. The molecule has 1 aliphatic rings. The number of hydrogen-bond donors (Lipinski definition) is 2. The van der Waals surface area contributed by atoms with Crippen LogP contribution in [-0.2, 0) is 11.3 Å². The van der Waals surface area contributed by atoms with Gasteiger partial charge in [0.2, 0.25) is 5.82 Å². The minimum atomic E-state index is -0.787. The summed E-state index contributed by atoms with van der Waals surface area (Å²) in [5, 5.41) is 14.8. The Labute approximate surface area is 182 Å². The molecular formula is C22H18N8O2. The molecule has 3 heterocycles. The zero-order valence-electron chi connectivity index (χ0n) is 17.1. The van der Waals surface area contributed by atoms with Crippen LogP contribution in [0, 0.1) is 11.8 Å². The van der Waals surface area contributed by atoms with Gasteiger partial charge in [-0.3, -0.25) is 15.0 Å². The maximum absolute atomic E-state index is 12.6. The first-order valence-electron chi connectivity index (χ1n) is 10.0. The van der Waals surface area contributed by atoms with Crippen molar-refractivity contribution >= 4 is 28.7 Å². The van der Waals surface area contributed by atoms with Crippen LogP contribution in [0.1, 0.15) is 24.9 Å². The number of imidazole rings is 1. The third-order valence-corrected chi connectivity index (χ3v) is 5.10. The van der Waals surface area contributed by atoms with Gasteiger partial charge in [0.15, 0.2) is 0 Å². The maximum Gasteiger partial charge on any atom is 0.329 e. The van der Waals surface area contributed by atoms with Crippen molar-refractivity contribution in [2.75, 3.05) is 4.90 Å². The van der Waals surface area contributed by atoms with Crippen molar-refractivity contribution in [3.8, 4) is 23.2 Å². The highest BCUT2D eigenvalue weighted by molar-refractivity contribution is 6.15. The number of nitrogens with one attached hydrogen (secondary N) is 2. The Kier molecular flexibility index (Phi) is 4.84. The van der Waals surface area contributed by atoms with Crippen LogP contribution in [0.15, 0.2) is 48.8 Å². The van der Waals surface area contributed by atoms with E-state index in [0.29, 0.717) is 23.6 Å². The van der Waals surface area contributed by atoms with E-state index in [0.717, 1.165) is 23.0 Å². The number of aromatic amines is 1. The van der Waals surface area contributed by atoms with Gasteiger partial charge in [-0.15, -0.1) is 16.1 Å². The standard InChI is InChI=1S/C22H18N8O2/c1-2-3-4-11-29-27-20(26-28-29)15-7-5-14(6-8-15)19-21(31)25-22(32)30(19)16-9-10-17-18(12-16)24-13-23-17/h5-10,12-13,19H,2,11H2,1H3,(H,23,24)(H,25,31,32). The summed E-state index contributed by atoms with van der Waals surface area (Å²) in [4.78, 5) is 35.3. The van der Waals surface area contributed by atoms with E-state index >= 15 is 0 Å². The number of carbonyl (C=O) groups is 2. The second kappa shape index (κ2) is 7.96. The summed E-state index contributed by atoms with van der Waals surface area (Å²) in [6.45, 7) is 2.35. The highest BCUT2D eigenvalue weighted by Crippen LogP contribution is 2.33. The highest BCUT2D eigenvalue weighted by atomic mass is 16.2. The average molecular weight is 426 g/mol. The number of carbonyl (C=O) groups excluding carboxylic acids is 2. The fraction of sp³-hybridized carbons (Fsp3) is 0.182. The van der Waals surface area contributed by atoms with Gasteiger partial charge in [0, 0.05) is 17.7 Å². The van der Waals surface area contributed by atoms with Crippen molar-refractivity contribution in [2.24, 2.45) is 0 Å². The lowest BCUT2D eigenvalue weighted by molar-refractivity contribution is -0.119. The van der Waals surface area contributed by atoms with Gasteiger partial charge in [0.25, 0.3) is 5.91 Å². The van der Waals surface area contributed by atoms with E-state index < -0.39 is 12.1 Å². The number of rotatable bonds is 4. The van der Waals surface area contributed by atoms with Gasteiger partial charge in [0.05, 0.1) is 17.4 Å². The summed E-state index contributed by atoms with van der Waals surface area (Å²) in [5.74, 6) is 6.00. The second-order valence-electron chi connectivity index (χ2n) is 7.14. The van der Waals surface area contributed by atoms with Crippen LogP contribution in [0.25, 0.3) is 22.4 Å². The third kappa shape index (κ3) is 3.45. The summed E-state index contributed by atoms with van der Waals surface area (Å²) in [7, 11) is 0. The predicted octanol–water partition coefficient (Wildman–Crippen LogP) is 2.43. The number of amides is 3. The summed E-state index contributed by atoms with van der Waals surface area (Å²) >= 11 is 0. The van der Waals surface area contributed by atoms with Gasteiger partial charge in [-0.1, -0.05) is 37.1 Å². The summed E-state index contributed by atoms with van der Waals surface area (Å²) in [6.07, 6.45) is 2.35. The van der Waals surface area contributed by atoms with Gasteiger partial charge < -0.3 is 4.98 Å². The normalized spacial score (nSPS) is 15.7. The number of urea groups is 1. The third-order valence-electron chi connectivity index (χ3n) is 5.10. The van der Waals surface area contributed by atoms with E-state index in [1.54, 1.807) is 48.8 Å². The number of aromatic nitrogens is 6. The smallest absolute Gasteiger partial charge is 0.329 e. The minimum absolute atomic E-state index is 0.374. The predicted molar refractivity (Wildman–Crippen MR) is 116 cm³/mol. The van der Waals surface area contributed by atoms with Crippen LogP contribution < -0.4 is 10.2 Å². The number of H-pyrrole nitrogens is 1. The molecule has 1 unspecified atom stereocenters. The van der Waals surface area contributed by atoms with Gasteiger partial charge in [-0.25, -0.2) is 9.78 Å². The molecule has 0 radical (unpaired) electrons. The molecule has 0 spiro atoms. The Hall–Kier alpha value is -4.52. The molecule has 0 aliphatic carbocycles. The van der Waals surface area contributed by atoms with Crippen LogP contribution in [0.3, 0.4) is 0 Å². The number of tetrazole rings is 1. The molecule has 32 heavy (non-hydrogen) atoms. The largest absolute Gasteiger partial charge is 0.345 e. The lowest BCUT2D eigenvalue weighted by Gasteiger charge is -2.22. The number of anilines is 1. The molecule has 2 aromatic carbocycles. The maximum atomic E-state index is 12.6. The first kappa shape index (κ1) is 19.4. The van der Waals surface area contributed by atoms with E-state index in [1.165, 1.54) is 9.70 Å². The van der Waals surface area contributed by atoms with E-state index in [9.17, 15) is 9.59 Å². The van der Waals surface area contributed by atoms with Crippen molar-refractivity contribution < 1.29 is 9.59 Å². The molecule has 2 N–H and O–H groups in total. The van der Waals surface area contributed by atoms with E-state index in [2.05, 4.69) is 42.5 Å². The van der Waals surface area contributed by atoms with Crippen LogP contribution in [0.4, 0.5) is 10.5 Å². The SMILES string of the molecule is CCC#CCn1nnc(-c2ccc(C3C(=O)NC(=O)N3c3ccc4nc[nH]c4c3)cc2)n1. The summed E-state index contributed by atoms with van der Waals surface area (Å²) in [6, 6.07) is 11.3. The zero-order valence-corrected chi connectivity index (χ0v) is 17.1. The molecule has 0 bridgehead atoms. The summed E-state index contributed by atoms with van der Waals surface area (Å²) < 4.78 is 0. The first-order chi connectivity index (χ1) is 15.6. The van der Waals surface area contributed by atoms with Crippen LogP contribution >= 0.6 is 0 Å². The molecule has 1 saturated heterocycles. The fourth-order valence-corrected chi connectivity index (χ4v) is 3.60. The number of imide groups is 1. The topological polar surface area (TPSA) is 122 Å². The van der Waals surface area contributed by atoms with Gasteiger partial charge in [-0.2, -0.15) is 4.80 Å². The van der Waals surface area contributed by atoms with Gasteiger partial charge >= 0.3 is 6.03 Å². The molecule has 3 amide bonds. The van der Waals surface area contributed by atoms with Crippen molar-refractivity contribution in [3.63, 3.8) is 0 Å². The fourth-order valence-electron chi connectivity index (χ4n) is 3.60. The average Bonchev–Trinajstić information content (AvgIpc) is 3.52. The van der Waals surface area contributed by atoms with Gasteiger partial charge in [-0.05, 0) is 29.0 Å². The molecule has 10 heteroatoms. The molecule has 1 aliphatic heterocycles. The Bertz CT molecular complexity index is 1380. The van der Waals surface area contributed by atoms with Crippen LogP contribution in [0.2, 0.25) is 0 Å². The van der Waals surface area contributed by atoms with Crippen molar-refractivity contribution in [2.45, 2.75) is 25.9 Å². The first-order valence-corrected chi connectivity index (χ1v) is 10.0. The van der Waals surface area contributed by atoms with Crippen molar-refractivity contribution in [1.82, 2.24) is 35.5 Å². The number of benzene rings is 2. The second-order valence-corrected chi connectivity index (χ2v) is 7.14. The number of fused-ring (bicyclic) bond motifs is 1. The molecule has 4 aromatic rings. The van der Waals surface area contributed by atoms with Gasteiger partial charge in [0.1, 0.15) is 12.6 Å². The molecule has 158 valence electrons. The Morgan fingerprint density at radius 3 is 2.75 bits per heavy atom. The Balaban J connectivity index is 1.42. The lowest BCUT2D eigenvalue weighted by atomic mass is 10.0. The molecular weight excluding hydrogens is 408 g/mol. The van der Waals surface area contributed by atoms with Crippen LogP contribution in [-0.4, -0.2) is 42.1 Å². The zero-order chi connectivity index (χ0) is 22.1. The molecule has 2 aromatic heterocycles. The molecule has 1 atom stereocenters. The molecule has 0 saturated carbocycles. The lowest BCUT2D eigenvalue weighted by Crippen LogP contribution is -2.29. The number of nitrogens with zero attached hydrogens (tertiary/aromatic N) is 6. The minimum Gasteiger partial charge on any atom is -0.345 e. The molecule has 5 rings (SSSR count). The van der Waals surface area contributed by atoms with E-state index in [-0.39, 0.29) is 5.91 Å². The van der Waals surface area contributed by atoms with Crippen molar-refractivity contribution in [1.29, 1.82) is 0 Å². The number of hydrogen-bond acceptors (Lipinski definition) is 6.